The van der Waals surface area contributed by atoms with Crippen LogP contribution in [0.2, 0.25) is 0 Å². The van der Waals surface area contributed by atoms with Crippen molar-refractivity contribution in [2.45, 2.75) is 30.5 Å². The number of phenolic OH excluding ortho intramolecular Hbond substituents is 1. The number of hydrogen-bond donors (Lipinski definition) is 1. The second-order valence-electron chi connectivity index (χ2n) is 4.74. The van der Waals surface area contributed by atoms with Gasteiger partial charge in [0.05, 0.1) is 5.75 Å². The zero-order valence-corrected chi connectivity index (χ0v) is 12.5. The van der Waals surface area contributed by atoms with Gasteiger partial charge in [0.2, 0.25) is 0 Å². The van der Waals surface area contributed by atoms with Gasteiger partial charge in [0.25, 0.3) is 0 Å². The van der Waals surface area contributed by atoms with Crippen LogP contribution in [-0.2, 0) is 12.3 Å². The molecule has 0 aliphatic heterocycles. The Morgan fingerprint density at radius 2 is 1.95 bits per heavy atom. The molecule has 2 aromatic carbocycles. The first-order valence-electron chi connectivity index (χ1n) is 6.88. The van der Waals surface area contributed by atoms with E-state index in [2.05, 4.69) is 22.4 Å². The van der Waals surface area contributed by atoms with Crippen LogP contribution in [-0.4, -0.2) is 25.3 Å². The molecule has 0 aliphatic rings. The number of tetrazole rings is 1. The SMILES string of the molecule is CCCn1nnnc1CSc1ccc(O)c2ccccc12. The molecular formula is C15H16N4OS. The van der Waals surface area contributed by atoms with E-state index >= 15 is 0 Å². The quantitative estimate of drug-likeness (QED) is 0.733. The normalized spacial score (nSPS) is 11.1. The molecule has 0 bridgehead atoms. The van der Waals surface area contributed by atoms with E-state index in [1.54, 1.807) is 17.8 Å². The predicted octanol–water partition coefficient (Wildman–Crippen LogP) is 3.23. The first-order valence-corrected chi connectivity index (χ1v) is 7.86. The summed E-state index contributed by atoms with van der Waals surface area (Å²) in [5, 5.41) is 23.7. The van der Waals surface area contributed by atoms with Crippen LogP contribution >= 0.6 is 11.8 Å². The molecule has 108 valence electrons. The Hall–Kier alpha value is -2.08. The van der Waals surface area contributed by atoms with E-state index in [0.717, 1.165) is 34.5 Å². The highest BCUT2D eigenvalue weighted by Gasteiger charge is 2.09. The van der Waals surface area contributed by atoms with Crippen LogP contribution in [0.1, 0.15) is 19.2 Å². The molecule has 0 radical (unpaired) electrons. The highest BCUT2D eigenvalue weighted by atomic mass is 32.2. The molecule has 1 aromatic heterocycles. The Morgan fingerprint density at radius 1 is 1.14 bits per heavy atom. The summed E-state index contributed by atoms with van der Waals surface area (Å²) in [5.41, 5.74) is 0. The Labute approximate surface area is 127 Å². The number of fused-ring (bicyclic) bond motifs is 1. The third-order valence-corrected chi connectivity index (χ3v) is 4.33. The summed E-state index contributed by atoms with van der Waals surface area (Å²) in [4.78, 5) is 1.12. The lowest BCUT2D eigenvalue weighted by Gasteiger charge is -2.08. The lowest BCUT2D eigenvalue weighted by atomic mass is 10.1. The van der Waals surface area contributed by atoms with E-state index < -0.39 is 0 Å². The van der Waals surface area contributed by atoms with Gasteiger partial charge in [-0.05, 0) is 34.4 Å². The number of aromatic nitrogens is 4. The molecule has 0 aliphatic carbocycles. The third kappa shape index (κ3) is 2.85. The summed E-state index contributed by atoms with van der Waals surface area (Å²) in [5.74, 6) is 1.90. The van der Waals surface area contributed by atoms with Crippen molar-refractivity contribution in [3.63, 3.8) is 0 Å². The third-order valence-electron chi connectivity index (χ3n) is 3.26. The molecular weight excluding hydrogens is 284 g/mol. The van der Waals surface area contributed by atoms with Crippen LogP contribution in [0, 0.1) is 0 Å². The van der Waals surface area contributed by atoms with Gasteiger partial charge in [-0.15, -0.1) is 16.9 Å². The Morgan fingerprint density at radius 3 is 2.76 bits per heavy atom. The van der Waals surface area contributed by atoms with Crippen molar-refractivity contribution < 1.29 is 5.11 Å². The van der Waals surface area contributed by atoms with Crippen LogP contribution in [0.3, 0.4) is 0 Å². The van der Waals surface area contributed by atoms with E-state index in [-0.39, 0.29) is 0 Å². The zero-order chi connectivity index (χ0) is 14.7. The fourth-order valence-electron chi connectivity index (χ4n) is 2.24. The smallest absolute Gasteiger partial charge is 0.161 e. The number of nitrogens with zero attached hydrogens (tertiary/aromatic N) is 4. The number of hydrogen-bond acceptors (Lipinski definition) is 5. The van der Waals surface area contributed by atoms with E-state index in [0.29, 0.717) is 11.5 Å². The number of benzene rings is 2. The van der Waals surface area contributed by atoms with Crippen LogP contribution < -0.4 is 0 Å². The van der Waals surface area contributed by atoms with Gasteiger partial charge in [0.1, 0.15) is 5.75 Å². The minimum Gasteiger partial charge on any atom is -0.507 e. The number of phenols is 1. The van der Waals surface area contributed by atoms with Crippen LogP contribution in [0.25, 0.3) is 10.8 Å². The fourth-order valence-corrected chi connectivity index (χ4v) is 3.22. The monoisotopic (exact) mass is 300 g/mol. The summed E-state index contributed by atoms with van der Waals surface area (Å²) in [6.45, 7) is 2.94. The number of aromatic hydroxyl groups is 1. The van der Waals surface area contributed by atoms with Crippen molar-refractivity contribution in [2.24, 2.45) is 0 Å². The molecule has 21 heavy (non-hydrogen) atoms. The molecule has 0 amide bonds. The van der Waals surface area contributed by atoms with E-state index in [1.165, 1.54) is 0 Å². The summed E-state index contributed by atoms with van der Waals surface area (Å²) in [7, 11) is 0. The van der Waals surface area contributed by atoms with Crippen molar-refractivity contribution in [1.82, 2.24) is 20.2 Å². The van der Waals surface area contributed by atoms with Gasteiger partial charge in [0, 0.05) is 16.8 Å². The van der Waals surface area contributed by atoms with Crippen molar-refractivity contribution in [1.29, 1.82) is 0 Å². The average molecular weight is 300 g/mol. The second-order valence-corrected chi connectivity index (χ2v) is 5.75. The molecule has 0 spiro atoms. The van der Waals surface area contributed by atoms with E-state index in [1.807, 2.05) is 35.0 Å². The largest absolute Gasteiger partial charge is 0.507 e. The molecule has 3 rings (SSSR count). The summed E-state index contributed by atoms with van der Waals surface area (Å²) in [6.07, 6.45) is 1.00. The van der Waals surface area contributed by atoms with Crippen LogP contribution in [0.4, 0.5) is 0 Å². The average Bonchev–Trinajstić information content (AvgIpc) is 2.95. The maximum absolute atomic E-state index is 9.92. The van der Waals surface area contributed by atoms with E-state index in [9.17, 15) is 5.11 Å². The number of aryl methyl sites for hydroxylation is 1. The van der Waals surface area contributed by atoms with Gasteiger partial charge < -0.3 is 5.11 Å². The first-order chi connectivity index (χ1) is 10.3. The maximum Gasteiger partial charge on any atom is 0.161 e. The van der Waals surface area contributed by atoms with Gasteiger partial charge in [-0.2, -0.15) is 0 Å². The van der Waals surface area contributed by atoms with Crippen LogP contribution in [0.15, 0.2) is 41.3 Å². The van der Waals surface area contributed by atoms with E-state index in [4.69, 9.17) is 0 Å². The van der Waals surface area contributed by atoms with Crippen LogP contribution in [0.5, 0.6) is 5.75 Å². The number of rotatable bonds is 5. The van der Waals surface area contributed by atoms with Crippen molar-refractivity contribution in [3.8, 4) is 5.75 Å². The first kappa shape index (κ1) is 13.9. The Kier molecular flexibility index (Phi) is 4.06. The standard InChI is InChI=1S/C15H16N4OS/c1-2-9-19-15(16-17-18-19)10-21-14-8-7-13(20)11-5-3-4-6-12(11)14/h3-8,20H,2,9-10H2,1H3. The molecule has 6 heteroatoms. The predicted molar refractivity (Wildman–Crippen MR) is 83.3 cm³/mol. The Bertz CT molecular complexity index is 756. The summed E-state index contributed by atoms with van der Waals surface area (Å²) < 4.78 is 1.84. The number of thioether (sulfide) groups is 1. The molecule has 0 atom stereocenters. The van der Waals surface area contributed by atoms with Gasteiger partial charge in [-0.3, -0.25) is 0 Å². The molecule has 3 aromatic rings. The molecule has 1 N–H and O–H groups in total. The highest BCUT2D eigenvalue weighted by Crippen LogP contribution is 2.34. The van der Waals surface area contributed by atoms with Gasteiger partial charge in [-0.1, -0.05) is 31.2 Å². The lowest BCUT2D eigenvalue weighted by Crippen LogP contribution is -2.04. The topological polar surface area (TPSA) is 63.8 Å². The molecule has 1 heterocycles. The van der Waals surface area contributed by atoms with Gasteiger partial charge in [0.15, 0.2) is 5.82 Å². The van der Waals surface area contributed by atoms with Crippen molar-refractivity contribution >= 4 is 22.5 Å². The maximum atomic E-state index is 9.92. The highest BCUT2D eigenvalue weighted by molar-refractivity contribution is 7.98. The molecule has 0 saturated carbocycles. The Balaban J connectivity index is 1.85. The molecule has 0 saturated heterocycles. The van der Waals surface area contributed by atoms with Crippen molar-refractivity contribution in [2.75, 3.05) is 0 Å². The summed E-state index contributed by atoms with van der Waals surface area (Å²) >= 11 is 1.68. The van der Waals surface area contributed by atoms with Crippen molar-refractivity contribution in [3.05, 3.63) is 42.2 Å². The minimum absolute atomic E-state index is 0.311. The van der Waals surface area contributed by atoms with Gasteiger partial charge in [-0.25, -0.2) is 4.68 Å². The van der Waals surface area contributed by atoms with Gasteiger partial charge >= 0.3 is 0 Å². The minimum atomic E-state index is 0.311. The lowest BCUT2D eigenvalue weighted by molar-refractivity contribution is 0.481. The second kappa shape index (κ2) is 6.13. The fraction of sp³-hybridized carbons (Fsp3) is 0.267. The molecule has 0 fully saturated rings. The summed E-state index contributed by atoms with van der Waals surface area (Å²) in [6, 6.07) is 11.5. The molecule has 5 nitrogen and oxygen atoms in total. The zero-order valence-electron chi connectivity index (χ0n) is 11.7. The molecule has 0 unspecified atom stereocenters.